The highest BCUT2D eigenvalue weighted by atomic mass is 16.2. The molecule has 0 radical (unpaired) electrons. The van der Waals surface area contributed by atoms with Crippen molar-refractivity contribution in [2.75, 3.05) is 26.2 Å². The van der Waals surface area contributed by atoms with Gasteiger partial charge in [0, 0.05) is 37.3 Å². The number of carbonyl (C=O) groups is 2. The Hall–Kier alpha value is -3.66. The van der Waals surface area contributed by atoms with E-state index in [0.717, 1.165) is 22.3 Å². The molecule has 0 aliphatic carbocycles. The van der Waals surface area contributed by atoms with E-state index < -0.39 is 0 Å². The topological polar surface area (TPSA) is 40.6 Å². The summed E-state index contributed by atoms with van der Waals surface area (Å²) in [6.45, 7) is 20.9. The summed E-state index contributed by atoms with van der Waals surface area (Å²) in [7, 11) is 0. The van der Waals surface area contributed by atoms with E-state index in [4.69, 9.17) is 0 Å². The second kappa shape index (κ2) is 13.9. The SMILES string of the molecule is C=CCN(CC=C)C(=O)c1cc(Cc2ccccc2)c(CC)c(C(=O)N(CC=C)CC=C)c1CC. The fraction of sp³-hybridized carbons (Fsp3) is 0.290. The molecular formula is C31H38N2O2. The molecule has 2 rings (SSSR count). The molecule has 0 unspecified atom stereocenters. The van der Waals surface area contributed by atoms with Crippen molar-refractivity contribution < 1.29 is 9.59 Å². The zero-order valence-electron chi connectivity index (χ0n) is 21.3. The molecule has 0 saturated heterocycles. The summed E-state index contributed by atoms with van der Waals surface area (Å²) in [4.78, 5) is 31.2. The lowest BCUT2D eigenvalue weighted by Crippen LogP contribution is -2.35. The van der Waals surface area contributed by atoms with Crippen LogP contribution in [0.4, 0.5) is 0 Å². The van der Waals surface area contributed by atoms with Gasteiger partial charge < -0.3 is 9.80 Å². The predicted molar refractivity (Wildman–Crippen MR) is 147 cm³/mol. The Kier molecular flexibility index (Phi) is 11.0. The third-order valence-corrected chi connectivity index (χ3v) is 6.00. The molecule has 0 heterocycles. The summed E-state index contributed by atoms with van der Waals surface area (Å²) in [5.41, 5.74) is 5.10. The van der Waals surface area contributed by atoms with Crippen LogP contribution in [0, 0.1) is 0 Å². The molecule has 4 heteroatoms. The maximum absolute atomic E-state index is 14.0. The standard InChI is InChI=1S/C31H38N2O2/c1-7-18-32(19-8-2)30(34)28-23-25(22-24-16-14-13-15-17-24)26(11-5)29(27(28)12-6)31(35)33(20-9-3)21-10-4/h7-10,13-17,23H,1-4,11-12,18-22H2,5-6H3. The molecule has 2 amide bonds. The van der Waals surface area contributed by atoms with Crippen LogP contribution in [0.15, 0.2) is 87.0 Å². The largest absolute Gasteiger partial charge is 0.331 e. The molecule has 0 aliphatic rings. The monoisotopic (exact) mass is 470 g/mol. The first kappa shape index (κ1) is 27.6. The summed E-state index contributed by atoms with van der Waals surface area (Å²) in [6, 6.07) is 12.1. The lowest BCUT2D eigenvalue weighted by Gasteiger charge is -2.27. The van der Waals surface area contributed by atoms with Gasteiger partial charge in [0.1, 0.15) is 0 Å². The van der Waals surface area contributed by atoms with Crippen LogP contribution in [0.25, 0.3) is 0 Å². The smallest absolute Gasteiger partial charge is 0.255 e. The van der Waals surface area contributed by atoms with Gasteiger partial charge in [-0.3, -0.25) is 9.59 Å². The van der Waals surface area contributed by atoms with Gasteiger partial charge in [0.2, 0.25) is 0 Å². The molecular weight excluding hydrogens is 432 g/mol. The first-order valence-electron chi connectivity index (χ1n) is 12.2. The molecule has 35 heavy (non-hydrogen) atoms. The minimum Gasteiger partial charge on any atom is -0.331 e. The van der Waals surface area contributed by atoms with Gasteiger partial charge in [-0.2, -0.15) is 0 Å². The molecule has 0 aliphatic heterocycles. The summed E-state index contributed by atoms with van der Waals surface area (Å²) in [5.74, 6) is -0.215. The highest BCUT2D eigenvalue weighted by molar-refractivity contribution is 6.04. The van der Waals surface area contributed by atoms with Crippen LogP contribution < -0.4 is 0 Å². The van der Waals surface area contributed by atoms with Crippen molar-refractivity contribution in [1.29, 1.82) is 0 Å². The molecule has 0 bridgehead atoms. The number of hydrogen-bond donors (Lipinski definition) is 0. The van der Waals surface area contributed by atoms with E-state index in [-0.39, 0.29) is 11.8 Å². The van der Waals surface area contributed by atoms with Crippen LogP contribution in [0.5, 0.6) is 0 Å². The number of hydrogen-bond acceptors (Lipinski definition) is 2. The highest BCUT2D eigenvalue weighted by Crippen LogP contribution is 2.29. The zero-order chi connectivity index (χ0) is 25.8. The van der Waals surface area contributed by atoms with Crippen molar-refractivity contribution in [3.05, 3.63) is 120 Å². The average molecular weight is 471 g/mol. The van der Waals surface area contributed by atoms with Crippen LogP contribution in [0.1, 0.15) is 56.8 Å². The van der Waals surface area contributed by atoms with Gasteiger partial charge >= 0.3 is 0 Å². The van der Waals surface area contributed by atoms with Crippen LogP contribution in [-0.2, 0) is 19.3 Å². The van der Waals surface area contributed by atoms with Gasteiger partial charge in [0.05, 0.1) is 0 Å². The lowest BCUT2D eigenvalue weighted by atomic mass is 9.85. The Morgan fingerprint density at radius 2 is 1.23 bits per heavy atom. The van der Waals surface area contributed by atoms with Crippen molar-refractivity contribution in [2.24, 2.45) is 0 Å². The molecule has 0 atom stereocenters. The van der Waals surface area contributed by atoms with Gasteiger partial charge in [-0.1, -0.05) is 68.5 Å². The van der Waals surface area contributed by atoms with E-state index in [9.17, 15) is 9.59 Å². The predicted octanol–water partition coefficient (Wildman–Crippen LogP) is 6.03. The minimum atomic E-state index is -0.119. The molecule has 0 saturated carbocycles. The fourth-order valence-electron chi connectivity index (χ4n) is 4.45. The first-order chi connectivity index (χ1) is 17.0. The Bertz CT molecular complexity index is 1050. The molecule has 0 spiro atoms. The average Bonchev–Trinajstić information content (AvgIpc) is 2.87. The zero-order valence-corrected chi connectivity index (χ0v) is 21.3. The molecule has 4 nitrogen and oxygen atoms in total. The molecule has 0 aromatic heterocycles. The molecule has 184 valence electrons. The third-order valence-electron chi connectivity index (χ3n) is 6.00. The normalized spacial score (nSPS) is 10.3. The van der Waals surface area contributed by atoms with Gasteiger partial charge in [0.15, 0.2) is 0 Å². The number of benzene rings is 2. The second-order valence-corrected chi connectivity index (χ2v) is 8.36. The Morgan fingerprint density at radius 3 is 1.69 bits per heavy atom. The number of amides is 2. The summed E-state index contributed by atoms with van der Waals surface area (Å²) < 4.78 is 0. The third kappa shape index (κ3) is 6.69. The Morgan fingerprint density at radius 1 is 0.743 bits per heavy atom. The summed E-state index contributed by atoms with van der Waals surface area (Å²) in [6.07, 6.45) is 8.74. The first-order valence-corrected chi connectivity index (χ1v) is 12.2. The molecule has 2 aromatic rings. The Balaban J connectivity index is 2.83. The highest BCUT2D eigenvalue weighted by Gasteiger charge is 2.28. The summed E-state index contributed by atoms with van der Waals surface area (Å²) >= 11 is 0. The van der Waals surface area contributed by atoms with Crippen molar-refractivity contribution in [3.63, 3.8) is 0 Å². The van der Waals surface area contributed by atoms with Gasteiger partial charge in [-0.05, 0) is 47.6 Å². The number of carbonyl (C=O) groups excluding carboxylic acids is 2. The van der Waals surface area contributed by atoms with E-state index in [2.05, 4.69) is 45.4 Å². The quantitative estimate of drug-likeness (QED) is 0.316. The van der Waals surface area contributed by atoms with Gasteiger partial charge in [-0.15, -0.1) is 26.3 Å². The van der Waals surface area contributed by atoms with Gasteiger partial charge in [-0.25, -0.2) is 0 Å². The fourth-order valence-corrected chi connectivity index (χ4v) is 4.45. The van der Waals surface area contributed by atoms with E-state index in [1.807, 2.05) is 31.2 Å². The number of nitrogens with zero attached hydrogens (tertiary/aromatic N) is 2. The van der Waals surface area contributed by atoms with E-state index in [1.165, 1.54) is 0 Å². The van der Waals surface area contributed by atoms with Crippen molar-refractivity contribution in [1.82, 2.24) is 9.80 Å². The summed E-state index contributed by atoms with van der Waals surface area (Å²) in [5, 5.41) is 0. The molecule has 0 N–H and O–H groups in total. The van der Waals surface area contributed by atoms with E-state index in [1.54, 1.807) is 34.1 Å². The second-order valence-electron chi connectivity index (χ2n) is 8.36. The molecule has 2 aromatic carbocycles. The van der Waals surface area contributed by atoms with Crippen LogP contribution in [0.3, 0.4) is 0 Å². The van der Waals surface area contributed by atoms with Gasteiger partial charge in [0.25, 0.3) is 11.8 Å². The maximum atomic E-state index is 14.0. The van der Waals surface area contributed by atoms with Crippen molar-refractivity contribution in [3.8, 4) is 0 Å². The Labute approximate surface area is 211 Å². The lowest BCUT2D eigenvalue weighted by molar-refractivity contribution is 0.0786. The maximum Gasteiger partial charge on any atom is 0.255 e. The number of rotatable bonds is 14. The van der Waals surface area contributed by atoms with Crippen molar-refractivity contribution >= 4 is 11.8 Å². The van der Waals surface area contributed by atoms with E-state index >= 15 is 0 Å². The van der Waals surface area contributed by atoms with Crippen LogP contribution in [0.2, 0.25) is 0 Å². The minimum absolute atomic E-state index is 0.0959. The van der Waals surface area contributed by atoms with Crippen LogP contribution in [-0.4, -0.2) is 47.8 Å². The van der Waals surface area contributed by atoms with E-state index in [0.29, 0.717) is 56.6 Å². The van der Waals surface area contributed by atoms with Crippen LogP contribution >= 0.6 is 0 Å². The molecule has 0 fully saturated rings. The van der Waals surface area contributed by atoms with Crippen molar-refractivity contribution in [2.45, 2.75) is 33.1 Å².